The van der Waals surface area contributed by atoms with Crippen LogP contribution in [0.1, 0.15) is 11.1 Å². The maximum absolute atomic E-state index is 13.4. The van der Waals surface area contributed by atoms with Crippen LogP contribution in [0.5, 0.6) is 0 Å². The summed E-state index contributed by atoms with van der Waals surface area (Å²) in [4.78, 5) is 4.00. The van der Waals surface area contributed by atoms with Gasteiger partial charge in [-0.25, -0.2) is 4.39 Å². The molecule has 0 spiro atoms. The zero-order chi connectivity index (χ0) is 13.7. The monoisotopic (exact) mass is 278 g/mol. The number of hydrogen-bond donors (Lipinski definition) is 1. The third-order valence-corrected chi connectivity index (χ3v) is 3.41. The lowest BCUT2D eigenvalue weighted by atomic mass is 10.00. The Morgan fingerprint density at radius 1 is 1.16 bits per heavy atom. The fourth-order valence-corrected chi connectivity index (χ4v) is 2.15. The molecule has 2 aromatic rings. The molecule has 0 aliphatic heterocycles. The number of aromatic nitrogens is 1. The zero-order valence-electron chi connectivity index (χ0n) is 10.7. The Morgan fingerprint density at radius 2 is 1.84 bits per heavy atom. The van der Waals surface area contributed by atoms with E-state index in [9.17, 15) is 4.39 Å². The van der Waals surface area contributed by atoms with E-state index in [1.54, 1.807) is 18.5 Å². The lowest BCUT2D eigenvalue weighted by molar-refractivity contribution is 0.552. The smallest absolute Gasteiger partial charge is 0.142 e. The molecule has 19 heavy (non-hydrogen) atoms. The highest BCUT2D eigenvalue weighted by atomic mass is 35.5. The second-order valence-electron chi connectivity index (χ2n) is 4.50. The van der Waals surface area contributed by atoms with Gasteiger partial charge in [-0.05, 0) is 55.3 Å². The van der Waals surface area contributed by atoms with Crippen molar-refractivity contribution < 1.29 is 4.39 Å². The molecule has 1 atom stereocenters. The topological polar surface area (TPSA) is 24.9 Å². The van der Waals surface area contributed by atoms with E-state index in [2.05, 4.69) is 10.3 Å². The minimum atomic E-state index is -0.363. The Balaban J connectivity index is 2.04. The number of hydrogen-bond acceptors (Lipinski definition) is 2. The first-order chi connectivity index (χ1) is 9.19. The number of benzene rings is 1. The number of likely N-dealkylation sites (N-methyl/N-ethyl adjacent to an activating group) is 1. The van der Waals surface area contributed by atoms with Crippen molar-refractivity contribution in [2.45, 2.75) is 18.9 Å². The predicted octanol–water partition coefficient (Wildman–Crippen LogP) is 3.25. The molecule has 0 saturated heterocycles. The SMILES string of the molecule is CNC(Cc1ccncc1)Cc1ccc(Cl)c(F)c1. The molecular weight excluding hydrogens is 263 g/mol. The van der Waals surface area contributed by atoms with E-state index in [0.717, 1.165) is 18.4 Å². The van der Waals surface area contributed by atoms with Crippen LogP contribution in [0.4, 0.5) is 4.39 Å². The summed E-state index contributed by atoms with van der Waals surface area (Å²) < 4.78 is 13.4. The third kappa shape index (κ3) is 4.01. The van der Waals surface area contributed by atoms with Gasteiger partial charge in [-0.1, -0.05) is 17.7 Å². The molecule has 0 amide bonds. The van der Waals surface area contributed by atoms with Gasteiger partial charge in [-0.15, -0.1) is 0 Å². The Labute approximate surface area is 117 Å². The second kappa shape index (κ2) is 6.64. The summed E-state index contributed by atoms with van der Waals surface area (Å²) in [7, 11) is 1.91. The van der Waals surface area contributed by atoms with Crippen molar-refractivity contribution in [2.75, 3.05) is 7.05 Å². The maximum atomic E-state index is 13.4. The van der Waals surface area contributed by atoms with Crippen LogP contribution in [0.3, 0.4) is 0 Å². The predicted molar refractivity (Wildman–Crippen MR) is 75.9 cm³/mol. The normalized spacial score (nSPS) is 12.4. The Hall–Kier alpha value is -1.45. The Kier molecular flexibility index (Phi) is 4.88. The number of nitrogens with zero attached hydrogens (tertiary/aromatic N) is 1. The van der Waals surface area contributed by atoms with E-state index < -0.39 is 0 Å². The molecular formula is C15H16ClFN2. The first-order valence-corrected chi connectivity index (χ1v) is 6.57. The van der Waals surface area contributed by atoms with Crippen molar-refractivity contribution in [3.63, 3.8) is 0 Å². The lowest BCUT2D eigenvalue weighted by Gasteiger charge is -2.16. The van der Waals surface area contributed by atoms with Crippen LogP contribution in [0.25, 0.3) is 0 Å². The molecule has 2 nitrogen and oxygen atoms in total. The molecule has 0 bridgehead atoms. The van der Waals surface area contributed by atoms with Crippen molar-refractivity contribution >= 4 is 11.6 Å². The second-order valence-corrected chi connectivity index (χ2v) is 4.90. The molecule has 1 heterocycles. The van der Waals surface area contributed by atoms with Crippen molar-refractivity contribution in [2.24, 2.45) is 0 Å². The quantitative estimate of drug-likeness (QED) is 0.908. The van der Waals surface area contributed by atoms with E-state index in [4.69, 9.17) is 11.6 Å². The summed E-state index contributed by atoms with van der Waals surface area (Å²) in [6.45, 7) is 0. The molecule has 100 valence electrons. The van der Waals surface area contributed by atoms with Crippen LogP contribution in [-0.4, -0.2) is 18.1 Å². The molecule has 1 unspecified atom stereocenters. The molecule has 1 aromatic heterocycles. The molecule has 0 aliphatic carbocycles. The summed E-state index contributed by atoms with van der Waals surface area (Å²) in [5, 5.41) is 3.42. The highest BCUT2D eigenvalue weighted by molar-refractivity contribution is 6.30. The van der Waals surface area contributed by atoms with Crippen LogP contribution in [0.2, 0.25) is 5.02 Å². The summed E-state index contributed by atoms with van der Waals surface area (Å²) in [6, 6.07) is 9.20. The highest BCUT2D eigenvalue weighted by Gasteiger charge is 2.10. The third-order valence-electron chi connectivity index (χ3n) is 3.11. The number of halogens is 2. The lowest BCUT2D eigenvalue weighted by Crippen LogP contribution is -2.29. The molecule has 2 rings (SSSR count). The van der Waals surface area contributed by atoms with E-state index in [0.29, 0.717) is 0 Å². The number of rotatable bonds is 5. The van der Waals surface area contributed by atoms with Gasteiger partial charge >= 0.3 is 0 Å². The molecule has 4 heteroatoms. The maximum Gasteiger partial charge on any atom is 0.142 e. The summed E-state index contributed by atoms with van der Waals surface area (Å²) in [6.07, 6.45) is 5.20. The zero-order valence-corrected chi connectivity index (χ0v) is 11.5. The van der Waals surface area contributed by atoms with Gasteiger partial charge in [-0.3, -0.25) is 4.98 Å². The number of nitrogens with one attached hydrogen (secondary N) is 1. The van der Waals surface area contributed by atoms with E-state index in [1.807, 2.05) is 25.2 Å². The minimum absolute atomic E-state index is 0.166. The average molecular weight is 279 g/mol. The van der Waals surface area contributed by atoms with Crippen LogP contribution in [0, 0.1) is 5.82 Å². The van der Waals surface area contributed by atoms with Crippen molar-refractivity contribution in [3.8, 4) is 0 Å². The Morgan fingerprint density at radius 3 is 2.47 bits per heavy atom. The van der Waals surface area contributed by atoms with Crippen LogP contribution >= 0.6 is 11.6 Å². The van der Waals surface area contributed by atoms with Crippen molar-refractivity contribution in [1.82, 2.24) is 10.3 Å². The fraction of sp³-hybridized carbons (Fsp3) is 0.267. The van der Waals surface area contributed by atoms with E-state index in [-0.39, 0.29) is 16.9 Å². The van der Waals surface area contributed by atoms with Gasteiger partial charge in [-0.2, -0.15) is 0 Å². The first-order valence-electron chi connectivity index (χ1n) is 6.19. The van der Waals surface area contributed by atoms with Crippen LogP contribution < -0.4 is 5.32 Å². The molecule has 1 N–H and O–H groups in total. The van der Waals surface area contributed by atoms with E-state index in [1.165, 1.54) is 11.6 Å². The van der Waals surface area contributed by atoms with E-state index >= 15 is 0 Å². The van der Waals surface area contributed by atoms with Gasteiger partial charge in [0.2, 0.25) is 0 Å². The molecule has 0 saturated carbocycles. The van der Waals surface area contributed by atoms with Gasteiger partial charge in [0.15, 0.2) is 0 Å². The fourth-order valence-electron chi connectivity index (χ4n) is 2.03. The summed E-state index contributed by atoms with van der Waals surface area (Å²) in [5.74, 6) is -0.363. The molecule has 0 aliphatic rings. The summed E-state index contributed by atoms with van der Waals surface area (Å²) >= 11 is 5.68. The Bertz CT molecular complexity index is 531. The first kappa shape index (κ1) is 14.0. The van der Waals surface area contributed by atoms with Crippen molar-refractivity contribution in [1.29, 1.82) is 0 Å². The highest BCUT2D eigenvalue weighted by Crippen LogP contribution is 2.17. The van der Waals surface area contributed by atoms with Gasteiger partial charge in [0, 0.05) is 18.4 Å². The number of pyridine rings is 1. The molecule has 0 fully saturated rings. The van der Waals surface area contributed by atoms with Gasteiger partial charge in [0.25, 0.3) is 0 Å². The van der Waals surface area contributed by atoms with Crippen LogP contribution in [-0.2, 0) is 12.8 Å². The standard InChI is InChI=1S/C15H16ClFN2/c1-18-13(8-11-4-6-19-7-5-11)9-12-2-3-14(16)15(17)10-12/h2-7,10,13,18H,8-9H2,1H3. The minimum Gasteiger partial charge on any atom is -0.316 e. The molecule has 0 radical (unpaired) electrons. The van der Waals surface area contributed by atoms with Gasteiger partial charge < -0.3 is 5.32 Å². The molecule has 1 aromatic carbocycles. The van der Waals surface area contributed by atoms with Crippen molar-refractivity contribution in [3.05, 3.63) is 64.7 Å². The van der Waals surface area contributed by atoms with Gasteiger partial charge in [0.1, 0.15) is 5.82 Å². The average Bonchev–Trinajstić information content (AvgIpc) is 2.43. The van der Waals surface area contributed by atoms with Crippen LogP contribution in [0.15, 0.2) is 42.7 Å². The summed E-state index contributed by atoms with van der Waals surface area (Å²) in [5.41, 5.74) is 2.15. The largest absolute Gasteiger partial charge is 0.316 e. The van der Waals surface area contributed by atoms with Gasteiger partial charge in [0.05, 0.1) is 5.02 Å².